The van der Waals surface area contributed by atoms with Crippen LogP contribution in [-0.4, -0.2) is 36.1 Å². The zero-order valence-electron chi connectivity index (χ0n) is 10.8. The molecular weight excluding hydrogens is 214 g/mol. The highest BCUT2D eigenvalue weighted by Gasteiger charge is 2.20. The Morgan fingerprint density at radius 1 is 1.47 bits per heavy atom. The maximum atomic E-state index is 10.9. The summed E-state index contributed by atoms with van der Waals surface area (Å²) in [6.45, 7) is 9.77. The fourth-order valence-corrected chi connectivity index (χ4v) is 1.86. The topological polar surface area (TPSA) is 29.5 Å². The molecule has 0 unspecified atom stereocenters. The van der Waals surface area contributed by atoms with Gasteiger partial charge in [0, 0.05) is 6.92 Å². The highest BCUT2D eigenvalue weighted by molar-refractivity contribution is 5.67. The molecule has 94 valence electrons. The third-order valence-electron chi connectivity index (χ3n) is 2.83. The van der Waals surface area contributed by atoms with E-state index in [2.05, 4.69) is 23.3 Å². The van der Waals surface area contributed by atoms with Gasteiger partial charge in [0.2, 0.25) is 0 Å². The zero-order chi connectivity index (χ0) is 12.7. The van der Waals surface area contributed by atoms with Gasteiger partial charge in [-0.05, 0) is 44.9 Å². The first-order valence-electron chi connectivity index (χ1n) is 6.11. The van der Waals surface area contributed by atoms with E-state index in [-0.39, 0.29) is 5.97 Å². The molecule has 1 aliphatic rings. The molecule has 0 aromatic rings. The van der Waals surface area contributed by atoms with Crippen LogP contribution in [0.4, 0.5) is 0 Å². The normalized spacial score (nSPS) is 19.6. The van der Waals surface area contributed by atoms with Crippen LogP contribution in [0.5, 0.6) is 0 Å². The molecule has 0 N–H and O–H groups in total. The van der Waals surface area contributed by atoms with Crippen LogP contribution in [0.1, 0.15) is 33.1 Å². The number of piperidine rings is 1. The number of ether oxygens (including phenoxy) is 1. The number of carbonyl (C=O) groups is 1. The second-order valence-corrected chi connectivity index (χ2v) is 4.54. The number of esters is 1. The van der Waals surface area contributed by atoms with E-state index in [0.29, 0.717) is 0 Å². The Labute approximate surface area is 104 Å². The van der Waals surface area contributed by atoms with Gasteiger partial charge < -0.3 is 4.74 Å². The van der Waals surface area contributed by atoms with Crippen molar-refractivity contribution in [3.05, 3.63) is 12.7 Å². The van der Waals surface area contributed by atoms with Crippen molar-refractivity contribution < 1.29 is 9.53 Å². The van der Waals surface area contributed by atoms with E-state index in [4.69, 9.17) is 4.74 Å². The highest BCUT2D eigenvalue weighted by Crippen LogP contribution is 2.11. The molecule has 1 atom stereocenters. The Hall–Kier alpha value is -1.27. The second kappa shape index (κ2) is 6.46. The van der Waals surface area contributed by atoms with Crippen molar-refractivity contribution in [1.29, 1.82) is 0 Å². The first-order chi connectivity index (χ1) is 8.06. The van der Waals surface area contributed by atoms with E-state index in [1.54, 1.807) is 13.0 Å². The van der Waals surface area contributed by atoms with E-state index in [0.717, 1.165) is 19.6 Å². The number of carbonyl (C=O) groups excluding carboxylic acids is 1. The van der Waals surface area contributed by atoms with Gasteiger partial charge >= 0.3 is 5.97 Å². The van der Waals surface area contributed by atoms with Gasteiger partial charge in [-0.25, -0.2) is 0 Å². The molecular formula is C14H21NO2. The van der Waals surface area contributed by atoms with Crippen LogP contribution in [0.25, 0.3) is 0 Å². The van der Waals surface area contributed by atoms with Crippen molar-refractivity contribution in [2.45, 2.75) is 38.7 Å². The van der Waals surface area contributed by atoms with Gasteiger partial charge in [0.05, 0.1) is 6.54 Å². The maximum Gasteiger partial charge on any atom is 0.304 e. The lowest BCUT2D eigenvalue weighted by atomic mass is 10.1. The van der Waals surface area contributed by atoms with Crippen LogP contribution in [0.15, 0.2) is 12.7 Å². The molecule has 1 heterocycles. The van der Waals surface area contributed by atoms with E-state index in [9.17, 15) is 4.79 Å². The fourth-order valence-electron chi connectivity index (χ4n) is 1.86. The lowest BCUT2D eigenvalue weighted by Crippen LogP contribution is -2.31. The summed E-state index contributed by atoms with van der Waals surface area (Å²) in [5.74, 6) is 5.72. The molecule has 0 aromatic carbocycles. The van der Waals surface area contributed by atoms with Crippen LogP contribution in [0.2, 0.25) is 0 Å². The van der Waals surface area contributed by atoms with Gasteiger partial charge in [-0.1, -0.05) is 18.9 Å². The Morgan fingerprint density at radius 3 is 2.65 bits per heavy atom. The Kier molecular flexibility index (Phi) is 5.24. The van der Waals surface area contributed by atoms with Crippen LogP contribution in [0, 0.1) is 11.8 Å². The average molecular weight is 235 g/mol. The van der Waals surface area contributed by atoms with E-state index in [1.807, 2.05) is 0 Å². The molecule has 1 fully saturated rings. The number of hydrogen-bond acceptors (Lipinski definition) is 3. The molecule has 1 aliphatic heterocycles. The van der Waals surface area contributed by atoms with Crippen molar-refractivity contribution in [2.24, 2.45) is 0 Å². The lowest BCUT2D eigenvalue weighted by molar-refractivity contribution is -0.147. The van der Waals surface area contributed by atoms with E-state index in [1.165, 1.54) is 26.2 Å². The third kappa shape index (κ3) is 5.06. The minimum atomic E-state index is -0.860. The predicted molar refractivity (Wildman–Crippen MR) is 68.4 cm³/mol. The molecule has 3 nitrogen and oxygen atoms in total. The summed E-state index contributed by atoms with van der Waals surface area (Å²) >= 11 is 0. The average Bonchev–Trinajstić information content (AvgIpc) is 2.29. The molecule has 0 aromatic heterocycles. The molecule has 0 bridgehead atoms. The highest BCUT2D eigenvalue weighted by atomic mass is 16.6. The number of rotatable bonds is 3. The predicted octanol–water partition coefficient (Wildman–Crippen LogP) is 1.98. The number of nitrogens with zero attached hydrogens (tertiary/aromatic N) is 1. The molecule has 1 saturated heterocycles. The molecule has 0 amide bonds. The van der Waals surface area contributed by atoms with Crippen LogP contribution < -0.4 is 0 Å². The van der Waals surface area contributed by atoms with Gasteiger partial charge in [-0.2, -0.15) is 0 Å². The van der Waals surface area contributed by atoms with Gasteiger partial charge in [-0.3, -0.25) is 9.69 Å². The number of hydrogen-bond donors (Lipinski definition) is 0. The van der Waals surface area contributed by atoms with Crippen molar-refractivity contribution in [3.63, 3.8) is 0 Å². The fraction of sp³-hybridized carbons (Fsp3) is 0.643. The quantitative estimate of drug-likeness (QED) is 0.425. The van der Waals surface area contributed by atoms with Gasteiger partial charge in [0.1, 0.15) is 0 Å². The van der Waals surface area contributed by atoms with Crippen molar-refractivity contribution >= 4 is 5.97 Å². The molecule has 0 radical (unpaired) electrons. The first kappa shape index (κ1) is 13.8. The summed E-state index contributed by atoms with van der Waals surface area (Å²) in [6, 6.07) is 0. The Morgan fingerprint density at radius 2 is 2.12 bits per heavy atom. The van der Waals surface area contributed by atoms with Crippen molar-refractivity contribution in [1.82, 2.24) is 4.90 Å². The zero-order valence-corrected chi connectivity index (χ0v) is 10.8. The lowest BCUT2D eigenvalue weighted by Gasteiger charge is -2.24. The van der Waals surface area contributed by atoms with Crippen molar-refractivity contribution in [3.8, 4) is 11.8 Å². The summed E-state index contributed by atoms with van der Waals surface area (Å²) in [5, 5.41) is 0. The Balaban J connectivity index is 2.49. The summed E-state index contributed by atoms with van der Waals surface area (Å²) in [7, 11) is 0. The second-order valence-electron chi connectivity index (χ2n) is 4.54. The Bertz CT molecular complexity index is 334. The van der Waals surface area contributed by atoms with E-state index >= 15 is 0 Å². The largest absolute Gasteiger partial charge is 0.443 e. The number of likely N-dealkylation sites (tertiary alicyclic amines) is 1. The van der Waals surface area contributed by atoms with Gasteiger partial charge in [-0.15, -0.1) is 0 Å². The summed E-state index contributed by atoms with van der Waals surface area (Å²) in [5.41, 5.74) is -0.860. The molecule has 0 aliphatic carbocycles. The summed E-state index contributed by atoms with van der Waals surface area (Å²) < 4.78 is 5.13. The third-order valence-corrected chi connectivity index (χ3v) is 2.83. The van der Waals surface area contributed by atoms with Crippen LogP contribution >= 0.6 is 0 Å². The SMILES string of the molecule is C=C[C@@](C)(C#CCN1CCCCC1)OC(C)=O. The van der Waals surface area contributed by atoms with Crippen LogP contribution in [0.3, 0.4) is 0 Å². The smallest absolute Gasteiger partial charge is 0.304 e. The molecule has 0 saturated carbocycles. The summed E-state index contributed by atoms with van der Waals surface area (Å²) in [6.07, 6.45) is 5.40. The summed E-state index contributed by atoms with van der Waals surface area (Å²) in [4.78, 5) is 13.3. The molecule has 1 rings (SSSR count). The standard InChI is InChI=1S/C14H21NO2/c1-4-14(3,17-13(2)16)9-8-12-15-10-6-5-7-11-15/h4H,1,5-7,10-12H2,2-3H3/t14-/m0/s1. The van der Waals surface area contributed by atoms with Crippen LogP contribution in [-0.2, 0) is 9.53 Å². The molecule has 17 heavy (non-hydrogen) atoms. The minimum Gasteiger partial charge on any atom is -0.443 e. The molecule has 3 heteroatoms. The monoisotopic (exact) mass is 235 g/mol. The van der Waals surface area contributed by atoms with Crippen molar-refractivity contribution in [2.75, 3.05) is 19.6 Å². The first-order valence-corrected chi connectivity index (χ1v) is 6.11. The molecule has 0 spiro atoms. The van der Waals surface area contributed by atoms with Gasteiger partial charge in [0.15, 0.2) is 5.60 Å². The van der Waals surface area contributed by atoms with E-state index < -0.39 is 5.60 Å². The minimum absolute atomic E-state index is 0.334. The van der Waals surface area contributed by atoms with Gasteiger partial charge in [0.25, 0.3) is 0 Å². The maximum absolute atomic E-state index is 10.9.